The molecule has 0 aliphatic carbocycles. The maximum atomic E-state index is 7.69. The van der Waals surface area contributed by atoms with E-state index in [4.69, 9.17) is 11.7 Å². The minimum absolute atomic E-state index is 0. The van der Waals surface area contributed by atoms with Gasteiger partial charge < -0.3 is 10.8 Å². The van der Waals surface area contributed by atoms with Crippen molar-refractivity contribution in [1.82, 2.24) is 0 Å². The van der Waals surface area contributed by atoms with Crippen LogP contribution in [0.15, 0.2) is 28.7 Å². The summed E-state index contributed by atoms with van der Waals surface area (Å²) in [6, 6.07) is 7.81. The van der Waals surface area contributed by atoms with Gasteiger partial charge in [-0.2, -0.15) is 5.56 Å². The minimum Gasteiger partial charge on any atom is -0.481 e. The fraction of sp³-hybridized carbons (Fsp3) is 0.100. The van der Waals surface area contributed by atoms with Gasteiger partial charge >= 0.3 is 21.1 Å². The third-order valence-electron chi connectivity index (χ3n) is 1.17. The van der Waals surface area contributed by atoms with Crippen LogP contribution in [-0.2, 0) is 21.1 Å². The summed E-state index contributed by atoms with van der Waals surface area (Å²) in [5.41, 5.74) is 5.69. The third kappa shape index (κ3) is 8.64. The van der Waals surface area contributed by atoms with Crippen molar-refractivity contribution in [2.75, 3.05) is 6.61 Å². The maximum absolute atomic E-state index is 7.69. The molecule has 0 bridgehead atoms. The van der Waals surface area contributed by atoms with E-state index in [1.54, 1.807) is 6.08 Å². The zero-order chi connectivity index (χ0) is 10.1. The zero-order valence-electron chi connectivity index (χ0n) is 7.56. The van der Waals surface area contributed by atoms with Crippen LogP contribution in [-0.4, -0.2) is 11.7 Å². The van der Waals surface area contributed by atoms with Crippen LogP contribution in [0.2, 0.25) is 0 Å². The molecule has 3 N–H and O–H groups in total. The molecule has 0 radical (unpaired) electrons. The summed E-state index contributed by atoms with van der Waals surface area (Å²) in [7, 11) is 0. The molecule has 0 spiro atoms. The first-order chi connectivity index (χ1) is 6.24. The first-order valence-electron chi connectivity index (χ1n) is 3.69. The molecule has 0 saturated carbocycles. The van der Waals surface area contributed by atoms with Crippen molar-refractivity contribution in [2.24, 2.45) is 5.73 Å². The van der Waals surface area contributed by atoms with Gasteiger partial charge in [-0.25, -0.2) is 12.6 Å². The summed E-state index contributed by atoms with van der Waals surface area (Å²) < 4.78 is 1.08. The van der Waals surface area contributed by atoms with Crippen molar-refractivity contribution < 1.29 is 26.2 Å². The molecule has 0 aromatic heterocycles. The summed E-state index contributed by atoms with van der Waals surface area (Å²) in [5.74, 6) is 0. The SMILES string of the molecule is N[CH-]CO.[CH-]=Cc1ccc(Br)cc1.[W+2]. The number of rotatable bonds is 2. The molecular formula is C10H12BrNOW. The Morgan fingerprint density at radius 1 is 1.43 bits per heavy atom. The molecule has 0 aliphatic rings. The van der Waals surface area contributed by atoms with Gasteiger partial charge in [0.05, 0.1) is 0 Å². The predicted molar refractivity (Wildman–Crippen MR) is 58.5 cm³/mol. The Balaban J connectivity index is 0. The number of benzene rings is 1. The number of hydrogen-bond acceptors (Lipinski definition) is 2. The second-order valence-electron chi connectivity index (χ2n) is 2.14. The van der Waals surface area contributed by atoms with Crippen LogP contribution >= 0.6 is 15.9 Å². The minimum atomic E-state index is -0.0278. The van der Waals surface area contributed by atoms with E-state index in [9.17, 15) is 0 Å². The standard InChI is InChI=1S/C8H6Br.C2H6NO.W/c1-2-7-3-5-8(9)6-4-7;3-1-2-4;/h1-6H;1,4H,2-3H2;/q2*-1;+2. The average Bonchev–Trinajstić information content (AvgIpc) is 2.19. The molecule has 76 valence electrons. The van der Waals surface area contributed by atoms with Gasteiger partial charge in [0.25, 0.3) is 0 Å². The van der Waals surface area contributed by atoms with E-state index in [0.29, 0.717) is 0 Å². The van der Waals surface area contributed by atoms with E-state index >= 15 is 0 Å². The van der Waals surface area contributed by atoms with Gasteiger partial charge in [0.15, 0.2) is 0 Å². The molecule has 2 nitrogen and oxygen atoms in total. The molecule has 1 rings (SSSR count). The van der Waals surface area contributed by atoms with Crippen LogP contribution in [0.5, 0.6) is 0 Å². The molecule has 0 fully saturated rings. The van der Waals surface area contributed by atoms with Crippen LogP contribution in [0.25, 0.3) is 6.08 Å². The molecular weight excluding hydrogens is 414 g/mol. The van der Waals surface area contributed by atoms with E-state index in [0.717, 1.165) is 10.0 Å². The van der Waals surface area contributed by atoms with Gasteiger partial charge in [0, 0.05) is 4.47 Å². The van der Waals surface area contributed by atoms with Crippen LogP contribution in [0.3, 0.4) is 0 Å². The molecule has 1 aromatic carbocycles. The zero-order valence-corrected chi connectivity index (χ0v) is 12.1. The third-order valence-corrected chi connectivity index (χ3v) is 1.70. The van der Waals surface area contributed by atoms with Crippen LogP contribution in [0, 0.1) is 13.1 Å². The monoisotopic (exact) mass is 425 g/mol. The summed E-state index contributed by atoms with van der Waals surface area (Å²) in [6.07, 6.45) is 1.58. The summed E-state index contributed by atoms with van der Waals surface area (Å²) in [6.45, 7) is 6.41. The number of halogens is 1. The summed E-state index contributed by atoms with van der Waals surface area (Å²) in [4.78, 5) is 0. The van der Waals surface area contributed by atoms with Crippen molar-refractivity contribution >= 4 is 22.0 Å². The van der Waals surface area contributed by atoms with Gasteiger partial charge in [0.1, 0.15) is 0 Å². The molecule has 0 saturated heterocycles. The summed E-state index contributed by atoms with van der Waals surface area (Å²) in [5, 5.41) is 7.69. The second-order valence-corrected chi connectivity index (χ2v) is 3.05. The van der Waals surface area contributed by atoms with Gasteiger partial charge in [-0.3, -0.25) is 6.58 Å². The largest absolute Gasteiger partial charge is 2.00 e. The fourth-order valence-electron chi connectivity index (χ4n) is 0.574. The van der Waals surface area contributed by atoms with Gasteiger partial charge in [-0.05, 0) is 0 Å². The van der Waals surface area contributed by atoms with E-state index in [1.807, 2.05) is 24.3 Å². The Morgan fingerprint density at radius 3 is 2.14 bits per heavy atom. The van der Waals surface area contributed by atoms with Crippen molar-refractivity contribution in [3.63, 3.8) is 0 Å². The van der Waals surface area contributed by atoms with Crippen molar-refractivity contribution in [1.29, 1.82) is 0 Å². The molecule has 0 heterocycles. The van der Waals surface area contributed by atoms with Crippen LogP contribution < -0.4 is 5.73 Å². The van der Waals surface area contributed by atoms with E-state index < -0.39 is 0 Å². The van der Waals surface area contributed by atoms with E-state index in [2.05, 4.69) is 21.7 Å². The fourth-order valence-corrected chi connectivity index (χ4v) is 0.838. The van der Waals surface area contributed by atoms with Crippen LogP contribution in [0.4, 0.5) is 0 Å². The smallest absolute Gasteiger partial charge is 0.481 e. The molecule has 0 atom stereocenters. The number of hydrogen-bond donors (Lipinski definition) is 2. The van der Waals surface area contributed by atoms with Gasteiger partial charge in [-0.1, -0.05) is 34.7 Å². The number of aliphatic hydroxyl groups is 1. The molecule has 0 amide bonds. The van der Waals surface area contributed by atoms with E-state index in [-0.39, 0.29) is 27.7 Å². The van der Waals surface area contributed by atoms with Crippen molar-refractivity contribution in [3.05, 3.63) is 47.4 Å². The number of nitrogens with two attached hydrogens (primary N) is 1. The molecule has 0 unspecified atom stereocenters. The Hall–Kier alpha value is 0.0483. The predicted octanol–water partition coefficient (Wildman–Crippen LogP) is 1.99. The second kappa shape index (κ2) is 11.1. The van der Waals surface area contributed by atoms with Gasteiger partial charge in [0.2, 0.25) is 0 Å². The average molecular weight is 426 g/mol. The first-order valence-corrected chi connectivity index (χ1v) is 4.48. The first kappa shape index (κ1) is 16.5. The maximum Gasteiger partial charge on any atom is 2.00 e. The molecule has 14 heavy (non-hydrogen) atoms. The van der Waals surface area contributed by atoms with Gasteiger partial charge in [-0.15, -0.1) is 12.1 Å². The number of aliphatic hydroxyl groups excluding tert-OH is 1. The quantitative estimate of drug-likeness (QED) is 0.712. The molecule has 1 aromatic rings. The normalized spacial score (nSPS) is 7.93. The molecule has 0 aliphatic heterocycles. The van der Waals surface area contributed by atoms with E-state index in [1.165, 1.54) is 6.54 Å². The van der Waals surface area contributed by atoms with Crippen molar-refractivity contribution in [3.8, 4) is 0 Å². The Bertz CT molecular complexity index is 236. The summed E-state index contributed by atoms with van der Waals surface area (Å²) >= 11 is 3.32. The Morgan fingerprint density at radius 2 is 1.86 bits per heavy atom. The topological polar surface area (TPSA) is 46.2 Å². The van der Waals surface area contributed by atoms with Crippen LogP contribution in [0.1, 0.15) is 5.56 Å². The van der Waals surface area contributed by atoms with Crippen molar-refractivity contribution in [2.45, 2.75) is 0 Å². The Labute approximate surface area is 108 Å². The molecule has 4 heteroatoms. The Kier molecular flexibility index (Phi) is 13.1.